The van der Waals surface area contributed by atoms with Crippen molar-refractivity contribution < 1.29 is 14.9 Å². The van der Waals surface area contributed by atoms with Crippen molar-refractivity contribution in [2.75, 3.05) is 25.6 Å². The summed E-state index contributed by atoms with van der Waals surface area (Å²) < 4.78 is 6.65. The molecule has 2 aromatic rings. The Morgan fingerprint density at radius 3 is 2.56 bits per heavy atom. The molecule has 1 aromatic heterocycles. The first-order valence-electron chi connectivity index (χ1n) is 8.48. The lowest BCUT2D eigenvalue weighted by molar-refractivity contribution is -0.0459. The third kappa shape index (κ3) is 4.11. The maximum atomic E-state index is 12.1. The van der Waals surface area contributed by atoms with Gasteiger partial charge >= 0.3 is 5.69 Å². The van der Waals surface area contributed by atoms with Crippen LogP contribution in [0, 0.1) is 11.8 Å². The topological polar surface area (TPSA) is 108 Å². The summed E-state index contributed by atoms with van der Waals surface area (Å²) in [6.07, 6.45) is -0.973. The molecule has 0 saturated carbocycles. The lowest BCUT2D eigenvalue weighted by Gasteiger charge is -2.14. The Bertz CT molecular complexity index is 981. The van der Waals surface area contributed by atoms with Crippen molar-refractivity contribution >= 4 is 5.69 Å². The highest BCUT2D eigenvalue weighted by Crippen LogP contribution is 2.27. The Morgan fingerprint density at radius 1 is 1.26 bits per heavy atom. The SMILES string of the molecule is CN(C)c1ccc(C#Cc2cn([C@H]3C[C@H](O)[C@@H](CO)O3)c(=O)[nH]c2=O)cc1. The number of anilines is 1. The summed E-state index contributed by atoms with van der Waals surface area (Å²) in [7, 11) is 3.87. The number of rotatable bonds is 3. The minimum Gasteiger partial charge on any atom is -0.394 e. The number of hydrogen-bond acceptors (Lipinski definition) is 6. The van der Waals surface area contributed by atoms with Crippen LogP contribution < -0.4 is 16.1 Å². The van der Waals surface area contributed by atoms with Crippen LogP contribution in [0.4, 0.5) is 5.69 Å². The highest BCUT2D eigenvalue weighted by Gasteiger charge is 2.35. The summed E-state index contributed by atoms with van der Waals surface area (Å²) in [6.45, 7) is -0.356. The van der Waals surface area contributed by atoms with Gasteiger partial charge in [0.1, 0.15) is 17.9 Å². The van der Waals surface area contributed by atoms with Gasteiger partial charge in [-0.2, -0.15) is 0 Å². The fourth-order valence-electron chi connectivity index (χ4n) is 2.82. The Labute approximate surface area is 155 Å². The van der Waals surface area contributed by atoms with Crippen LogP contribution in [0.3, 0.4) is 0 Å². The Hall–Kier alpha value is -2.86. The van der Waals surface area contributed by atoms with E-state index in [1.807, 2.05) is 43.3 Å². The fraction of sp³-hybridized carbons (Fsp3) is 0.368. The number of nitrogens with zero attached hydrogens (tertiary/aromatic N) is 2. The van der Waals surface area contributed by atoms with E-state index in [0.29, 0.717) is 0 Å². The Morgan fingerprint density at radius 2 is 1.96 bits per heavy atom. The molecule has 1 aliphatic heterocycles. The standard InChI is InChI=1S/C19H21N3O5/c1-21(2)14-7-4-12(5-8-14)3-6-13-10-22(19(26)20-18(13)25)17-9-15(24)16(11-23)27-17/h4-5,7-8,10,15-17,23-24H,9,11H2,1-2H3,(H,20,25,26)/t15-,16+,17+/m0/s1. The number of aromatic amines is 1. The molecule has 1 fully saturated rings. The molecule has 1 aliphatic rings. The van der Waals surface area contributed by atoms with Crippen molar-refractivity contribution in [3.05, 3.63) is 62.4 Å². The molecule has 8 nitrogen and oxygen atoms in total. The van der Waals surface area contributed by atoms with Crippen molar-refractivity contribution in [1.82, 2.24) is 9.55 Å². The predicted octanol–water partition coefficient (Wildman–Crippen LogP) is -0.357. The number of benzene rings is 1. The van der Waals surface area contributed by atoms with Gasteiger partial charge in [-0.15, -0.1) is 0 Å². The zero-order chi connectivity index (χ0) is 19.6. The van der Waals surface area contributed by atoms with E-state index < -0.39 is 29.7 Å². The van der Waals surface area contributed by atoms with Crippen LogP contribution in [0.15, 0.2) is 40.1 Å². The van der Waals surface area contributed by atoms with Gasteiger partial charge in [-0.3, -0.25) is 14.3 Å². The molecule has 0 bridgehead atoms. The maximum absolute atomic E-state index is 12.1. The average molecular weight is 371 g/mol. The fourth-order valence-corrected chi connectivity index (χ4v) is 2.82. The summed E-state index contributed by atoms with van der Waals surface area (Å²) in [5.41, 5.74) is 0.618. The molecular weight excluding hydrogens is 350 g/mol. The van der Waals surface area contributed by atoms with E-state index in [9.17, 15) is 19.8 Å². The Balaban J connectivity index is 1.89. The molecule has 8 heteroatoms. The van der Waals surface area contributed by atoms with E-state index in [1.165, 1.54) is 10.8 Å². The van der Waals surface area contributed by atoms with Crippen molar-refractivity contribution in [1.29, 1.82) is 0 Å². The van der Waals surface area contributed by atoms with Gasteiger partial charge in [-0.1, -0.05) is 11.8 Å². The molecule has 1 saturated heterocycles. The summed E-state index contributed by atoms with van der Waals surface area (Å²) in [5, 5.41) is 19.0. The summed E-state index contributed by atoms with van der Waals surface area (Å²) in [4.78, 5) is 28.3. The average Bonchev–Trinajstić information content (AvgIpc) is 3.02. The Kier molecular flexibility index (Phi) is 5.46. The third-order valence-corrected chi connectivity index (χ3v) is 4.39. The number of ether oxygens (including phenoxy) is 1. The molecule has 0 radical (unpaired) electrons. The van der Waals surface area contributed by atoms with Gasteiger partial charge in [0.2, 0.25) is 0 Å². The quantitative estimate of drug-likeness (QED) is 0.636. The second-order valence-electron chi connectivity index (χ2n) is 6.52. The van der Waals surface area contributed by atoms with Crippen LogP contribution in [0.2, 0.25) is 0 Å². The number of H-pyrrole nitrogens is 1. The molecule has 3 N–H and O–H groups in total. The molecule has 3 atom stereocenters. The smallest absolute Gasteiger partial charge is 0.330 e. The van der Waals surface area contributed by atoms with E-state index in [1.54, 1.807) is 0 Å². The second-order valence-corrected chi connectivity index (χ2v) is 6.52. The number of aliphatic hydroxyl groups excluding tert-OH is 2. The predicted molar refractivity (Wildman–Crippen MR) is 99.7 cm³/mol. The van der Waals surface area contributed by atoms with E-state index in [0.717, 1.165) is 11.3 Å². The maximum Gasteiger partial charge on any atom is 0.330 e. The van der Waals surface area contributed by atoms with Crippen LogP contribution in [0.1, 0.15) is 23.8 Å². The minimum atomic E-state index is -0.886. The molecule has 0 aliphatic carbocycles. The normalized spacial score (nSPS) is 21.6. The summed E-state index contributed by atoms with van der Waals surface area (Å²) in [5.74, 6) is 5.67. The lowest BCUT2D eigenvalue weighted by Crippen LogP contribution is -2.33. The van der Waals surface area contributed by atoms with Gasteiger partial charge in [-0.05, 0) is 24.3 Å². The largest absolute Gasteiger partial charge is 0.394 e. The first-order valence-corrected chi connectivity index (χ1v) is 8.48. The molecule has 1 aromatic carbocycles. The number of nitrogens with one attached hydrogen (secondary N) is 1. The zero-order valence-corrected chi connectivity index (χ0v) is 15.0. The highest BCUT2D eigenvalue weighted by atomic mass is 16.5. The van der Waals surface area contributed by atoms with Crippen molar-refractivity contribution in [3.63, 3.8) is 0 Å². The zero-order valence-electron chi connectivity index (χ0n) is 15.0. The highest BCUT2D eigenvalue weighted by molar-refractivity contribution is 5.50. The molecule has 0 amide bonds. The number of aliphatic hydroxyl groups is 2. The third-order valence-electron chi connectivity index (χ3n) is 4.39. The minimum absolute atomic E-state index is 0.108. The molecule has 142 valence electrons. The van der Waals surface area contributed by atoms with Crippen molar-refractivity contribution in [2.24, 2.45) is 0 Å². The second kappa shape index (κ2) is 7.80. The lowest BCUT2D eigenvalue weighted by atomic mass is 10.2. The molecule has 2 heterocycles. The first-order chi connectivity index (χ1) is 12.9. The summed E-state index contributed by atoms with van der Waals surface area (Å²) in [6, 6.07) is 7.51. The van der Waals surface area contributed by atoms with Gasteiger partial charge < -0.3 is 19.8 Å². The molecule has 0 spiro atoms. The monoisotopic (exact) mass is 371 g/mol. The van der Waals surface area contributed by atoms with Crippen LogP contribution in [0.25, 0.3) is 0 Å². The van der Waals surface area contributed by atoms with E-state index in [2.05, 4.69) is 16.8 Å². The van der Waals surface area contributed by atoms with Crippen LogP contribution in [-0.4, -0.2) is 52.7 Å². The van der Waals surface area contributed by atoms with E-state index in [-0.39, 0.29) is 18.6 Å². The van der Waals surface area contributed by atoms with Crippen molar-refractivity contribution in [3.8, 4) is 11.8 Å². The van der Waals surface area contributed by atoms with Gasteiger partial charge in [0.05, 0.1) is 12.7 Å². The van der Waals surface area contributed by atoms with Gasteiger partial charge in [-0.25, -0.2) is 4.79 Å². The number of aromatic nitrogens is 2. The van der Waals surface area contributed by atoms with Gasteiger partial charge in [0.25, 0.3) is 5.56 Å². The van der Waals surface area contributed by atoms with Gasteiger partial charge in [0.15, 0.2) is 0 Å². The molecule has 27 heavy (non-hydrogen) atoms. The van der Waals surface area contributed by atoms with Crippen molar-refractivity contribution in [2.45, 2.75) is 24.9 Å². The van der Waals surface area contributed by atoms with Crippen LogP contribution in [-0.2, 0) is 4.74 Å². The van der Waals surface area contributed by atoms with Gasteiger partial charge in [0, 0.05) is 38.0 Å². The van der Waals surface area contributed by atoms with E-state index in [4.69, 9.17) is 4.74 Å². The van der Waals surface area contributed by atoms with Crippen LogP contribution >= 0.6 is 0 Å². The first kappa shape index (κ1) is 18.9. The number of hydrogen-bond donors (Lipinski definition) is 3. The molecule has 0 unspecified atom stereocenters. The van der Waals surface area contributed by atoms with E-state index >= 15 is 0 Å². The van der Waals surface area contributed by atoms with Crippen LogP contribution in [0.5, 0.6) is 0 Å². The summed E-state index contributed by atoms with van der Waals surface area (Å²) >= 11 is 0. The molecule has 3 rings (SSSR count). The molecular formula is C19H21N3O5.